The van der Waals surface area contributed by atoms with E-state index >= 15 is 0 Å². The molecule has 1 aromatic heterocycles. The minimum Gasteiger partial charge on any atom is -0.351 e. The van der Waals surface area contributed by atoms with Crippen molar-refractivity contribution in [2.24, 2.45) is 5.73 Å². The Labute approximate surface area is 96.5 Å². The lowest BCUT2D eigenvalue weighted by Gasteiger charge is -2.23. The second-order valence-electron chi connectivity index (χ2n) is 3.38. The Balaban J connectivity index is 2.76. The van der Waals surface area contributed by atoms with Gasteiger partial charge in [-0.3, -0.25) is 4.68 Å². The van der Waals surface area contributed by atoms with Crippen molar-refractivity contribution in [1.82, 2.24) is 9.78 Å². The Hall–Kier alpha value is -0.910. The summed E-state index contributed by atoms with van der Waals surface area (Å²) >= 11 is 0. The van der Waals surface area contributed by atoms with E-state index in [0.29, 0.717) is 13.2 Å². The average molecular weight is 227 g/mol. The van der Waals surface area contributed by atoms with E-state index in [9.17, 15) is 0 Å². The van der Waals surface area contributed by atoms with E-state index in [1.165, 1.54) is 0 Å². The van der Waals surface area contributed by atoms with Crippen molar-refractivity contribution >= 4 is 0 Å². The number of rotatable bonds is 7. The molecule has 0 aliphatic carbocycles. The molecular formula is C11H21N3O2. The molecule has 0 fully saturated rings. The number of nitrogens with zero attached hydrogens (tertiary/aromatic N) is 2. The molecule has 2 N–H and O–H groups in total. The number of aryl methyl sites for hydroxylation is 1. The smallest absolute Gasteiger partial charge is 0.178 e. The maximum absolute atomic E-state index is 6.12. The number of aromatic nitrogens is 2. The molecule has 5 nitrogen and oxygen atoms in total. The van der Waals surface area contributed by atoms with Crippen LogP contribution in [0, 0.1) is 0 Å². The molecular weight excluding hydrogens is 206 g/mol. The number of hydrogen-bond acceptors (Lipinski definition) is 4. The summed E-state index contributed by atoms with van der Waals surface area (Å²) in [5.41, 5.74) is 7.06. The second kappa shape index (κ2) is 6.62. The number of nitrogens with two attached hydrogens (primary N) is 1. The molecule has 1 unspecified atom stereocenters. The van der Waals surface area contributed by atoms with E-state index in [2.05, 4.69) is 5.10 Å². The predicted octanol–water partition coefficient (Wildman–Crippen LogP) is 1.30. The lowest BCUT2D eigenvalue weighted by Crippen LogP contribution is -2.33. The molecule has 1 atom stereocenters. The van der Waals surface area contributed by atoms with E-state index in [1.807, 2.05) is 31.5 Å². The summed E-state index contributed by atoms with van der Waals surface area (Å²) in [7, 11) is 0. The Kier molecular flexibility index (Phi) is 5.45. The fraction of sp³-hybridized carbons (Fsp3) is 0.727. The van der Waals surface area contributed by atoms with E-state index in [1.54, 1.807) is 6.20 Å². The van der Waals surface area contributed by atoms with Crippen LogP contribution < -0.4 is 5.73 Å². The van der Waals surface area contributed by atoms with Gasteiger partial charge in [-0.1, -0.05) is 0 Å². The van der Waals surface area contributed by atoms with Gasteiger partial charge in [0.1, 0.15) is 0 Å². The lowest BCUT2D eigenvalue weighted by molar-refractivity contribution is -0.150. The zero-order valence-corrected chi connectivity index (χ0v) is 10.2. The molecule has 0 aromatic carbocycles. The van der Waals surface area contributed by atoms with Gasteiger partial charge in [0, 0.05) is 26.0 Å². The predicted molar refractivity (Wildman–Crippen MR) is 61.9 cm³/mol. The Morgan fingerprint density at radius 1 is 1.31 bits per heavy atom. The summed E-state index contributed by atoms with van der Waals surface area (Å²) in [6.07, 6.45) is 1.34. The highest BCUT2D eigenvalue weighted by Crippen LogP contribution is 2.17. The third-order valence-corrected chi connectivity index (χ3v) is 2.35. The van der Waals surface area contributed by atoms with Crippen LogP contribution in [0.2, 0.25) is 0 Å². The molecule has 0 bridgehead atoms. The van der Waals surface area contributed by atoms with Crippen LogP contribution >= 0.6 is 0 Å². The summed E-state index contributed by atoms with van der Waals surface area (Å²) in [4.78, 5) is 0. The monoisotopic (exact) mass is 227 g/mol. The SMILES string of the molecule is CCOC(OCC)C(N)c1ccnn1CC. The summed E-state index contributed by atoms with van der Waals surface area (Å²) in [6.45, 7) is 7.84. The first-order chi connectivity index (χ1) is 7.74. The van der Waals surface area contributed by atoms with Gasteiger partial charge in [0.15, 0.2) is 6.29 Å². The first kappa shape index (κ1) is 13.2. The van der Waals surface area contributed by atoms with E-state index < -0.39 is 6.29 Å². The maximum atomic E-state index is 6.12. The van der Waals surface area contributed by atoms with Gasteiger partial charge in [0.05, 0.1) is 11.7 Å². The van der Waals surface area contributed by atoms with Gasteiger partial charge >= 0.3 is 0 Å². The van der Waals surface area contributed by atoms with Crippen molar-refractivity contribution < 1.29 is 9.47 Å². The van der Waals surface area contributed by atoms with Crippen LogP contribution in [-0.2, 0) is 16.0 Å². The van der Waals surface area contributed by atoms with E-state index in [-0.39, 0.29) is 6.04 Å². The highest BCUT2D eigenvalue weighted by Gasteiger charge is 2.22. The zero-order valence-electron chi connectivity index (χ0n) is 10.2. The van der Waals surface area contributed by atoms with Gasteiger partial charge in [-0.15, -0.1) is 0 Å². The molecule has 0 aliphatic rings. The quantitative estimate of drug-likeness (QED) is 0.713. The Morgan fingerprint density at radius 2 is 1.94 bits per heavy atom. The summed E-state index contributed by atoms with van der Waals surface area (Å²) in [5, 5.41) is 4.18. The van der Waals surface area contributed by atoms with E-state index in [0.717, 1.165) is 12.2 Å². The maximum Gasteiger partial charge on any atom is 0.178 e. The van der Waals surface area contributed by atoms with Crippen molar-refractivity contribution in [3.63, 3.8) is 0 Å². The first-order valence-electron chi connectivity index (χ1n) is 5.75. The zero-order chi connectivity index (χ0) is 12.0. The molecule has 16 heavy (non-hydrogen) atoms. The van der Waals surface area contributed by atoms with E-state index in [4.69, 9.17) is 15.2 Å². The van der Waals surface area contributed by atoms with Gasteiger partial charge in [-0.25, -0.2) is 0 Å². The first-order valence-corrected chi connectivity index (χ1v) is 5.75. The average Bonchev–Trinajstić information content (AvgIpc) is 2.75. The fourth-order valence-electron chi connectivity index (χ4n) is 1.61. The summed E-state index contributed by atoms with van der Waals surface area (Å²) in [6, 6.07) is 1.60. The molecule has 0 aliphatic heterocycles. The molecule has 0 amide bonds. The second-order valence-corrected chi connectivity index (χ2v) is 3.38. The highest BCUT2D eigenvalue weighted by molar-refractivity contribution is 5.07. The van der Waals surface area contributed by atoms with Crippen LogP contribution in [0.25, 0.3) is 0 Å². The van der Waals surface area contributed by atoms with Crippen LogP contribution in [0.15, 0.2) is 12.3 Å². The van der Waals surface area contributed by atoms with Crippen molar-refractivity contribution in [1.29, 1.82) is 0 Å². The van der Waals surface area contributed by atoms with Crippen LogP contribution in [0.1, 0.15) is 32.5 Å². The molecule has 92 valence electrons. The number of hydrogen-bond donors (Lipinski definition) is 1. The summed E-state index contributed by atoms with van der Waals surface area (Å²) < 4.78 is 12.8. The molecule has 0 spiro atoms. The fourth-order valence-corrected chi connectivity index (χ4v) is 1.61. The van der Waals surface area contributed by atoms with Crippen molar-refractivity contribution in [2.45, 2.75) is 39.6 Å². The van der Waals surface area contributed by atoms with Crippen molar-refractivity contribution in [3.8, 4) is 0 Å². The molecule has 5 heteroatoms. The van der Waals surface area contributed by atoms with Gasteiger partial charge in [-0.2, -0.15) is 5.10 Å². The summed E-state index contributed by atoms with van der Waals surface area (Å²) in [5.74, 6) is 0. The molecule has 0 saturated heterocycles. The Bertz CT molecular complexity index is 295. The molecule has 0 radical (unpaired) electrons. The molecule has 1 rings (SSSR count). The molecule has 1 heterocycles. The van der Waals surface area contributed by atoms with Gasteiger partial charge in [0.25, 0.3) is 0 Å². The standard InChI is InChI=1S/C11H21N3O2/c1-4-14-9(7-8-13-14)10(12)11(15-5-2)16-6-3/h7-8,10-11H,4-6,12H2,1-3H3. The lowest BCUT2D eigenvalue weighted by atomic mass is 10.2. The topological polar surface area (TPSA) is 62.3 Å². The van der Waals surface area contributed by atoms with Crippen molar-refractivity contribution in [2.75, 3.05) is 13.2 Å². The van der Waals surface area contributed by atoms with Gasteiger partial charge in [0.2, 0.25) is 0 Å². The third-order valence-electron chi connectivity index (χ3n) is 2.35. The van der Waals surface area contributed by atoms with Crippen LogP contribution in [0.4, 0.5) is 0 Å². The normalized spacial score (nSPS) is 13.3. The van der Waals surface area contributed by atoms with Crippen LogP contribution in [0.5, 0.6) is 0 Å². The van der Waals surface area contributed by atoms with Crippen molar-refractivity contribution in [3.05, 3.63) is 18.0 Å². The van der Waals surface area contributed by atoms with Gasteiger partial charge in [-0.05, 0) is 26.8 Å². The highest BCUT2D eigenvalue weighted by atomic mass is 16.7. The van der Waals surface area contributed by atoms with Crippen LogP contribution in [0.3, 0.4) is 0 Å². The number of ether oxygens (including phenoxy) is 2. The minimum atomic E-state index is -0.406. The third kappa shape index (κ3) is 3.04. The van der Waals surface area contributed by atoms with Gasteiger partial charge < -0.3 is 15.2 Å². The van der Waals surface area contributed by atoms with Crippen LogP contribution in [-0.4, -0.2) is 29.3 Å². The largest absolute Gasteiger partial charge is 0.351 e. The Morgan fingerprint density at radius 3 is 2.44 bits per heavy atom. The molecule has 0 saturated carbocycles. The minimum absolute atomic E-state index is 0.303. The molecule has 1 aromatic rings.